The first-order valence-electron chi connectivity index (χ1n) is 7.79. The molecule has 2 aromatic heterocycles. The number of anilines is 1. The van der Waals surface area contributed by atoms with Crippen LogP contribution in [-0.2, 0) is 6.54 Å². The van der Waals surface area contributed by atoms with Crippen LogP contribution in [0.15, 0.2) is 36.5 Å². The van der Waals surface area contributed by atoms with Crippen LogP contribution in [0.3, 0.4) is 0 Å². The molecule has 3 aromatic rings. The van der Waals surface area contributed by atoms with Gasteiger partial charge in [-0.2, -0.15) is 19.0 Å². The predicted octanol–water partition coefficient (Wildman–Crippen LogP) is 3.53. The Bertz CT molecular complexity index is 948. The van der Waals surface area contributed by atoms with E-state index in [1.54, 1.807) is 36.7 Å². The molecular weight excluding hydrogens is 347 g/mol. The number of benzene rings is 1. The molecule has 1 N–H and O–H groups in total. The number of amides is 1. The van der Waals surface area contributed by atoms with Crippen molar-refractivity contribution in [3.05, 3.63) is 65.0 Å². The van der Waals surface area contributed by atoms with Crippen molar-refractivity contribution in [2.75, 3.05) is 5.32 Å². The Labute approximate surface area is 147 Å². The van der Waals surface area contributed by atoms with E-state index in [0.717, 1.165) is 6.20 Å². The highest BCUT2D eigenvalue weighted by Gasteiger charge is 2.18. The number of nitrogens with zero attached hydrogens (tertiary/aromatic N) is 4. The zero-order valence-electron chi connectivity index (χ0n) is 14.1. The summed E-state index contributed by atoms with van der Waals surface area (Å²) in [5, 5.41) is 10.5. The lowest BCUT2D eigenvalue weighted by atomic mass is 10.2. The third-order valence-corrected chi connectivity index (χ3v) is 3.94. The van der Waals surface area contributed by atoms with Gasteiger partial charge in [-0.3, -0.25) is 9.48 Å². The standard InChI is InChI=1S/C17H16F3N5O/c1-10-15(21-16(26)14-7-8-24(23-14)17(19)20)11(2)25(22-10)9-12-5-3-4-6-13(12)18/h3-8,17H,9H2,1-2H3,(H,21,26). The van der Waals surface area contributed by atoms with Crippen molar-refractivity contribution in [2.24, 2.45) is 0 Å². The van der Waals surface area contributed by atoms with Crippen LogP contribution >= 0.6 is 0 Å². The Kier molecular flexibility index (Phi) is 4.79. The largest absolute Gasteiger partial charge is 0.333 e. The van der Waals surface area contributed by atoms with Gasteiger partial charge in [-0.15, -0.1) is 0 Å². The number of aryl methyl sites for hydroxylation is 1. The first-order chi connectivity index (χ1) is 12.4. The van der Waals surface area contributed by atoms with Crippen molar-refractivity contribution in [1.82, 2.24) is 19.6 Å². The van der Waals surface area contributed by atoms with Crippen LogP contribution in [0.4, 0.5) is 18.9 Å². The average molecular weight is 363 g/mol. The molecule has 0 saturated heterocycles. The van der Waals surface area contributed by atoms with Crippen molar-refractivity contribution in [2.45, 2.75) is 26.9 Å². The second kappa shape index (κ2) is 7.03. The van der Waals surface area contributed by atoms with E-state index in [1.165, 1.54) is 12.1 Å². The van der Waals surface area contributed by atoms with Crippen LogP contribution in [0.1, 0.15) is 34.0 Å². The van der Waals surface area contributed by atoms with Gasteiger partial charge in [0.2, 0.25) is 0 Å². The van der Waals surface area contributed by atoms with Crippen LogP contribution < -0.4 is 5.32 Å². The van der Waals surface area contributed by atoms with E-state index in [9.17, 15) is 18.0 Å². The number of aromatic nitrogens is 4. The number of carbonyl (C=O) groups is 1. The molecule has 1 aromatic carbocycles. The van der Waals surface area contributed by atoms with Crippen molar-refractivity contribution >= 4 is 11.6 Å². The van der Waals surface area contributed by atoms with Crippen LogP contribution in [0.5, 0.6) is 0 Å². The number of nitrogens with one attached hydrogen (secondary N) is 1. The molecule has 0 atom stereocenters. The quantitative estimate of drug-likeness (QED) is 0.754. The fraction of sp³-hybridized carbons (Fsp3) is 0.235. The monoisotopic (exact) mass is 363 g/mol. The third kappa shape index (κ3) is 3.46. The van der Waals surface area contributed by atoms with Gasteiger partial charge in [0.25, 0.3) is 5.91 Å². The van der Waals surface area contributed by atoms with Gasteiger partial charge in [0.05, 0.1) is 23.6 Å². The van der Waals surface area contributed by atoms with Gasteiger partial charge < -0.3 is 5.32 Å². The summed E-state index contributed by atoms with van der Waals surface area (Å²) >= 11 is 0. The predicted molar refractivity (Wildman–Crippen MR) is 88.6 cm³/mol. The van der Waals surface area contributed by atoms with Crippen LogP contribution in [0.2, 0.25) is 0 Å². The van der Waals surface area contributed by atoms with Crippen molar-refractivity contribution in [1.29, 1.82) is 0 Å². The fourth-order valence-electron chi connectivity index (χ4n) is 2.57. The summed E-state index contributed by atoms with van der Waals surface area (Å²) in [5.41, 5.74) is 1.92. The Hall–Kier alpha value is -3.10. The van der Waals surface area contributed by atoms with Gasteiger partial charge >= 0.3 is 6.55 Å². The molecule has 0 saturated carbocycles. The molecule has 1 amide bonds. The molecule has 0 unspecified atom stereocenters. The zero-order valence-corrected chi connectivity index (χ0v) is 14.1. The number of hydrogen-bond donors (Lipinski definition) is 1. The Morgan fingerprint density at radius 1 is 1.19 bits per heavy atom. The van der Waals surface area contributed by atoms with Gasteiger partial charge in [0, 0.05) is 11.8 Å². The summed E-state index contributed by atoms with van der Waals surface area (Å²) in [6.07, 6.45) is 1.03. The van der Waals surface area contributed by atoms with E-state index in [0.29, 0.717) is 27.3 Å². The SMILES string of the molecule is Cc1nn(Cc2ccccc2F)c(C)c1NC(=O)c1ccn(C(F)F)n1. The zero-order chi connectivity index (χ0) is 18.8. The first kappa shape index (κ1) is 17.7. The summed E-state index contributed by atoms with van der Waals surface area (Å²) in [7, 11) is 0. The number of rotatable bonds is 5. The lowest BCUT2D eigenvalue weighted by Gasteiger charge is -2.07. The van der Waals surface area contributed by atoms with Gasteiger partial charge in [-0.1, -0.05) is 18.2 Å². The van der Waals surface area contributed by atoms with Gasteiger partial charge in [-0.05, 0) is 26.0 Å². The van der Waals surface area contributed by atoms with E-state index < -0.39 is 12.5 Å². The van der Waals surface area contributed by atoms with Gasteiger partial charge in [0.15, 0.2) is 5.69 Å². The van der Waals surface area contributed by atoms with Gasteiger partial charge in [0.1, 0.15) is 5.82 Å². The lowest BCUT2D eigenvalue weighted by molar-refractivity contribution is 0.0561. The minimum Gasteiger partial charge on any atom is -0.317 e. The molecule has 136 valence electrons. The Morgan fingerprint density at radius 3 is 2.58 bits per heavy atom. The lowest BCUT2D eigenvalue weighted by Crippen LogP contribution is -2.15. The second-order valence-corrected chi connectivity index (χ2v) is 5.71. The fourth-order valence-corrected chi connectivity index (χ4v) is 2.57. The molecule has 6 nitrogen and oxygen atoms in total. The molecule has 26 heavy (non-hydrogen) atoms. The molecular formula is C17H16F3N5O. The van der Waals surface area contributed by atoms with Crippen molar-refractivity contribution < 1.29 is 18.0 Å². The van der Waals surface area contributed by atoms with Crippen LogP contribution in [0.25, 0.3) is 0 Å². The first-order valence-corrected chi connectivity index (χ1v) is 7.79. The highest BCUT2D eigenvalue weighted by molar-refractivity contribution is 6.03. The average Bonchev–Trinajstić information content (AvgIpc) is 3.18. The molecule has 0 aliphatic heterocycles. The highest BCUT2D eigenvalue weighted by atomic mass is 19.3. The van der Waals surface area contributed by atoms with Crippen molar-refractivity contribution in [3.63, 3.8) is 0 Å². The van der Waals surface area contributed by atoms with Gasteiger partial charge in [-0.25, -0.2) is 9.07 Å². The number of halogens is 3. The van der Waals surface area contributed by atoms with E-state index >= 15 is 0 Å². The topological polar surface area (TPSA) is 64.7 Å². The Balaban J connectivity index is 1.81. The van der Waals surface area contributed by atoms with E-state index in [-0.39, 0.29) is 18.1 Å². The Morgan fingerprint density at radius 2 is 1.92 bits per heavy atom. The molecule has 0 spiro atoms. The number of hydrogen-bond acceptors (Lipinski definition) is 3. The number of alkyl halides is 2. The maximum Gasteiger partial charge on any atom is 0.333 e. The van der Waals surface area contributed by atoms with Crippen LogP contribution in [-0.4, -0.2) is 25.5 Å². The molecule has 0 radical (unpaired) electrons. The maximum atomic E-state index is 13.8. The normalized spacial score (nSPS) is 11.2. The molecule has 0 fully saturated rings. The molecule has 0 bridgehead atoms. The summed E-state index contributed by atoms with van der Waals surface area (Å²) in [6, 6.07) is 7.55. The second-order valence-electron chi connectivity index (χ2n) is 5.71. The summed E-state index contributed by atoms with van der Waals surface area (Å²) < 4.78 is 40.9. The van der Waals surface area contributed by atoms with Crippen molar-refractivity contribution in [3.8, 4) is 0 Å². The molecule has 3 rings (SSSR count). The smallest absolute Gasteiger partial charge is 0.317 e. The van der Waals surface area contributed by atoms with Crippen LogP contribution in [0, 0.1) is 19.7 Å². The third-order valence-electron chi connectivity index (χ3n) is 3.94. The minimum atomic E-state index is -2.82. The minimum absolute atomic E-state index is 0.133. The highest BCUT2D eigenvalue weighted by Crippen LogP contribution is 2.22. The number of carbonyl (C=O) groups excluding carboxylic acids is 1. The molecule has 0 aliphatic carbocycles. The molecule has 0 aliphatic rings. The molecule has 2 heterocycles. The molecule has 9 heteroatoms. The van der Waals surface area contributed by atoms with E-state index in [2.05, 4.69) is 15.5 Å². The summed E-state index contributed by atoms with van der Waals surface area (Å²) in [6.45, 7) is 0.810. The summed E-state index contributed by atoms with van der Waals surface area (Å²) in [4.78, 5) is 12.2. The summed E-state index contributed by atoms with van der Waals surface area (Å²) in [5.74, 6) is -0.968. The van der Waals surface area contributed by atoms with E-state index in [1.807, 2.05) is 0 Å². The maximum absolute atomic E-state index is 13.8. The van der Waals surface area contributed by atoms with E-state index in [4.69, 9.17) is 0 Å².